The van der Waals surface area contributed by atoms with Crippen molar-refractivity contribution in [1.29, 1.82) is 0 Å². The molecule has 1 aromatic heterocycles. The van der Waals surface area contributed by atoms with Gasteiger partial charge in [-0.2, -0.15) is 0 Å². The Hall–Kier alpha value is -2.94. The fraction of sp³-hybridized carbons (Fsp3) is 0.217. The van der Waals surface area contributed by atoms with Crippen molar-refractivity contribution < 1.29 is 9.36 Å². The van der Waals surface area contributed by atoms with Crippen LogP contribution < -0.4 is 9.88 Å². The predicted octanol–water partition coefficient (Wildman–Crippen LogP) is 4.28. The third kappa shape index (κ3) is 4.57. The Kier molecular flexibility index (Phi) is 5.80. The van der Waals surface area contributed by atoms with Crippen LogP contribution >= 0.6 is 0 Å². The molecule has 3 nitrogen and oxygen atoms in total. The molecule has 132 valence electrons. The highest BCUT2D eigenvalue weighted by Gasteiger charge is 2.09. The molecule has 0 radical (unpaired) electrons. The van der Waals surface area contributed by atoms with E-state index in [1.54, 1.807) is 0 Å². The summed E-state index contributed by atoms with van der Waals surface area (Å²) >= 11 is 0. The van der Waals surface area contributed by atoms with Gasteiger partial charge in [0, 0.05) is 24.1 Å². The molecule has 1 amide bonds. The lowest BCUT2D eigenvalue weighted by Gasteiger charge is -2.14. The number of nitrogens with zero attached hydrogens (tertiary/aromatic N) is 1. The molecule has 3 rings (SSSR count). The number of amides is 1. The average molecular weight is 345 g/mol. The zero-order valence-corrected chi connectivity index (χ0v) is 15.4. The van der Waals surface area contributed by atoms with E-state index in [2.05, 4.69) is 82.9 Å². The highest BCUT2D eigenvalue weighted by Crippen LogP contribution is 2.21. The van der Waals surface area contributed by atoms with Crippen molar-refractivity contribution in [2.75, 3.05) is 0 Å². The van der Waals surface area contributed by atoms with E-state index in [9.17, 15) is 4.79 Å². The van der Waals surface area contributed by atoms with E-state index in [1.807, 2.05) is 19.9 Å². The van der Waals surface area contributed by atoms with Gasteiger partial charge in [-0.15, -0.1) is 0 Å². The lowest BCUT2D eigenvalue weighted by molar-refractivity contribution is -0.688. The fourth-order valence-corrected chi connectivity index (χ4v) is 2.94. The molecule has 0 aliphatic rings. The first kappa shape index (κ1) is 17.9. The minimum Gasteiger partial charge on any atom is -0.350 e. The van der Waals surface area contributed by atoms with Crippen LogP contribution in [-0.2, 0) is 11.3 Å². The van der Waals surface area contributed by atoms with Crippen LogP contribution in [0.25, 0.3) is 11.1 Å². The molecule has 3 heteroatoms. The van der Waals surface area contributed by atoms with Crippen LogP contribution in [0, 0.1) is 0 Å². The SMILES string of the molecule is CCC(=O)NC(C)c1ccc(-c2cc[n+](Cc3ccccc3)cc2)cc1. The smallest absolute Gasteiger partial charge is 0.220 e. The molecule has 0 aliphatic carbocycles. The summed E-state index contributed by atoms with van der Waals surface area (Å²) in [6.45, 7) is 4.75. The molecule has 1 atom stereocenters. The Balaban J connectivity index is 1.68. The largest absolute Gasteiger partial charge is 0.350 e. The molecule has 1 heterocycles. The molecule has 0 fully saturated rings. The maximum Gasteiger partial charge on any atom is 0.220 e. The monoisotopic (exact) mass is 345 g/mol. The standard InChI is InChI=1S/C23H24N2O/c1-3-23(26)24-18(2)20-9-11-21(12-10-20)22-13-15-25(16-14-22)17-19-7-5-4-6-8-19/h4-16,18H,3,17H2,1-2H3/p+1. The van der Waals surface area contributed by atoms with Gasteiger partial charge in [0.2, 0.25) is 5.91 Å². The zero-order valence-electron chi connectivity index (χ0n) is 15.4. The van der Waals surface area contributed by atoms with Gasteiger partial charge in [-0.05, 0) is 23.6 Å². The highest BCUT2D eigenvalue weighted by molar-refractivity contribution is 5.76. The van der Waals surface area contributed by atoms with Gasteiger partial charge in [0.25, 0.3) is 0 Å². The Labute approximate surface area is 155 Å². The van der Waals surface area contributed by atoms with Crippen molar-refractivity contribution >= 4 is 5.91 Å². The summed E-state index contributed by atoms with van der Waals surface area (Å²) in [4.78, 5) is 11.5. The first-order chi connectivity index (χ1) is 12.7. The zero-order chi connectivity index (χ0) is 18.4. The molecule has 1 unspecified atom stereocenters. The molecule has 0 bridgehead atoms. The maximum absolute atomic E-state index is 11.5. The maximum atomic E-state index is 11.5. The fourth-order valence-electron chi connectivity index (χ4n) is 2.94. The number of hydrogen-bond donors (Lipinski definition) is 1. The normalized spacial score (nSPS) is 11.8. The van der Waals surface area contributed by atoms with Crippen LogP contribution in [-0.4, -0.2) is 5.91 Å². The summed E-state index contributed by atoms with van der Waals surface area (Å²) in [6, 6.07) is 23.1. The Morgan fingerprint density at radius 2 is 1.54 bits per heavy atom. The van der Waals surface area contributed by atoms with Gasteiger partial charge in [-0.1, -0.05) is 61.5 Å². The molecule has 2 aromatic carbocycles. The van der Waals surface area contributed by atoms with Crippen molar-refractivity contribution in [3.05, 3.63) is 90.3 Å². The van der Waals surface area contributed by atoms with Crippen LogP contribution in [0.5, 0.6) is 0 Å². The Morgan fingerprint density at radius 1 is 0.923 bits per heavy atom. The van der Waals surface area contributed by atoms with Crippen molar-refractivity contribution in [2.24, 2.45) is 0 Å². The van der Waals surface area contributed by atoms with Crippen molar-refractivity contribution in [2.45, 2.75) is 32.9 Å². The van der Waals surface area contributed by atoms with E-state index >= 15 is 0 Å². The Morgan fingerprint density at radius 3 is 2.15 bits per heavy atom. The van der Waals surface area contributed by atoms with Gasteiger partial charge >= 0.3 is 0 Å². The van der Waals surface area contributed by atoms with Gasteiger partial charge in [-0.3, -0.25) is 4.79 Å². The Bertz CT molecular complexity index is 840. The summed E-state index contributed by atoms with van der Waals surface area (Å²) in [5, 5.41) is 2.99. The third-order valence-electron chi connectivity index (χ3n) is 4.54. The van der Waals surface area contributed by atoms with Gasteiger partial charge in [-0.25, -0.2) is 4.57 Å². The number of carbonyl (C=O) groups is 1. The molecule has 0 saturated carbocycles. The molecule has 26 heavy (non-hydrogen) atoms. The summed E-state index contributed by atoms with van der Waals surface area (Å²) in [5.74, 6) is 0.0765. The van der Waals surface area contributed by atoms with E-state index in [-0.39, 0.29) is 11.9 Å². The van der Waals surface area contributed by atoms with Crippen LogP contribution in [0.15, 0.2) is 79.1 Å². The van der Waals surface area contributed by atoms with Crippen LogP contribution in [0.2, 0.25) is 0 Å². The second kappa shape index (κ2) is 8.43. The van der Waals surface area contributed by atoms with Gasteiger partial charge in [0.05, 0.1) is 6.04 Å². The molecular formula is C23H25N2O+. The van der Waals surface area contributed by atoms with E-state index in [4.69, 9.17) is 0 Å². The molecule has 0 saturated heterocycles. The van der Waals surface area contributed by atoms with Gasteiger partial charge in [0.15, 0.2) is 18.9 Å². The quantitative estimate of drug-likeness (QED) is 0.665. The molecule has 0 aliphatic heterocycles. The summed E-state index contributed by atoms with van der Waals surface area (Å²) in [5.41, 5.74) is 4.77. The number of benzene rings is 2. The van der Waals surface area contributed by atoms with E-state index in [0.717, 1.165) is 12.1 Å². The first-order valence-corrected chi connectivity index (χ1v) is 9.08. The van der Waals surface area contributed by atoms with E-state index in [1.165, 1.54) is 16.7 Å². The van der Waals surface area contributed by atoms with Gasteiger partial charge < -0.3 is 5.32 Å². The number of hydrogen-bond acceptors (Lipinski definition) is 1. The third-order valence-corrected chi connectivity index (χ3v) is 4.54. The predicted molar refractivity (Wildman–Crippen MR) is 104 cm³/mol. The number of carbonyl (C=O) groups excluding carboxylic acids is 1. The van der Waals surface area contributed by atoms with Crippen LogP contribution in [0.3, 0.4) is 0 Å². The first-order valence-electron chi connectivity index (χ1n) is 9.08. The lowest BCUT2D eigenvalue weighted by Crippen LogP contribution is -2.32. The summed E-state index contributed by atoms with van der Waals surface area (Å²) in [7, 11) is 0. The lowest BCUT2D eigenvalue weighted by atomic mass is 10.0. The topological polar surface area (TPSA) is 33.0 Å². The molecule has 1 N–H and O–H groups in total. The van der Waals surface area contributed by atoms with Crippen LogP contribution in [0.4, 0.5) is 0 Å². The number of rotatable bonds is 6. The minimum atomic E-state index is 0.0281. The van der Waals surface area contributed by atoms with Gasteiger partial charge in [0.1, 0.15) is 0 Å². The van der Waals surface area contributed by atoms with Crippen LogP contribution in [0.1, 0.15) is 37.4 Å². The minimum absolute atomic E-state index is 0.0281. The molecule has 3 aromatic rings. The highest BCUT2D eigenvalue weighted by atomic mass is 16.1. The van der Waals surface area contributed by atoms with Crippen molar-refractivity contribution in [3.8, 4) is 11.1 Å². The summed E-state index contributed by atoms with van der Waals surface area (Å²) < 4.78 is 2.18. The second-order valence-electron chi connectivity index (χ2n) is 6.51. The number of nitrogens with one attached hydrogen (secondary N) is 1. The van der Waals surface area contributed by atoms with E-state index < -0.39 is 0 Å². The number of pyridine rings is 1. The molecular weight excluding hydrogens is 320 g/mol. The average Bonchev–Trinajstić information content (AvgIpc) is 2.69. The number of aromatic nitrogens is 1. The summed E-state index contributed by atoms with van der Waals surface area (Å²) in [6.07, 6.45) is 4.73. The second-order valence-corrected chi connectivity index (χ2v) is 6.51. The van der Waals surface area contributed by atoms with E-state index in [0.29, 0.717) is 6.42 Å². The molecule has 0 spiro atoms. The van der Waals surface area contributed by atoms with Crippen molar-refractivity contribution in [1.82, 2.24) is 5.32 Å². The van der Waals surface area contributed by atoms with Crippen molar-refractivity contribution in [3.63, 3.8) is 0 Å².